The van der Waals surface area contributed by atoms with Crippen molar-refractivity contribution in [2.45, 2.75) is 6.54 Å². The summed E-state index contributed by atoms with van der Waals surface area (Å²) in [6, 6.07) is 18.4. The predicted octanol–water partition coefficient (Wildman–Crippen LogP) is 4.56. The molecule has 4 rings (SSSR count). The molecule has 6 heteroatoms. The maximum Gasteiger partial charge on any atom is 0.336 e. The number of thiophene rings is 1. The number of nitrogens with zero attached hydrogens (tertiary/aromatic N) is 1. The van der Waals surface area contributed by atoms with Gasteiger partial charge in [0.15, 0.2) is 6.61 Å². The Balaban J connectivity index is 1.52. The number of ether oxygens (including phenoxy) is 1. The first-order chi connectivity index (χ1) is 14.1. The van der Waals surface area contributed by atoms with Crippen molar-refractivity contribution in [3.05, 3.63) is 87.4 Å². The number of carbonyl (C=O) groups is 1. The molecule has 29 heavy (non-hydrogen) atoms. The molecular formula is C23H19NO4S. The van der Waals surface area contributed by atoms with Gasteiger partial charge < -0.3 is 14.1 Å². The van der Waals surface area contributed by atoms with Crippen LogP contribution in [0.4, 0.5) is 0 Å². The second-order valence-corrected chi connectivity index (χ2v) is 7.45. The van der Waals surface area contributed by atoms with Crippen LogP contribution in [0.5, 0.6) is 5.75 Å². The van der Waals surface area contributed by atoms with E-state index in [9.17, 15) is 9.59 Å². The number of likely N-dealkylation sites (N-methyl/N-ethyl adjacent to an activating group) is 1. The Kier molecular flexibility index (Phi) is 5.44. The molecule has 2 heterocycles. The van der Waals surface area contributed by atoms with Gasteiger partial charge in [0.2, 0.25) is 0 Å². The van der Waals surface area contributed by atoms with E-state index in [4.69, 9.17) is 9.15 Å². The van der Waals surface area contributed by atoms with Crippen LogP contribution in [0.15, 0.2) is 80.6 Å². The summed E-state index contributed by atoms with van der Waals surface area (Å²) in [5.41, 5.74) is 2.82. The van der Waals surface area contributed by atoms with Crippen LogP contribution >= 0.6 is 11.3 Å². The van der Waals surface area contributed by atoms with Crippen LogP contribution in [0, 0.1) is 0 Å². The zero-order chi connectivity index (χ0) is 20.2. The molecule has 0 aliphatic rings. The van der Waals surface area contributed by atoms with Gasteiger partial charge in [-0.3, -0.25) is 4.79 Å². The molecule has 0 N–H and O–H groups in total. The van der Waals surface area contributed by atoms with Gasteiger partial charge in [0.25, 0.3) is 5.91 Å². The molecule has 0 bridgehead atoms. The Hall–Kier alpha value is -3.38. The van der Waals surface area contributed by atoms with E-state index in [-0.39, 0.29) is 12.5 Å². The highest BCUT2D eigenvalue weighted by Crippen LogP contribution is 2.29. The molecule has 2 aromatic carbocycles. The van der Waals surface area contributed by atoms with Gasteiger partial charge in [0.1, 0.15) is 11.3 Å². The van der Waals surface area contributed by atoms with E-state index in [1.54, 1.807) is 35.4 Å². The van der Waals surface area contributed by atoms with Gasteiger partial charge in [-0.05, 0) is 45.6 Å². The van der Waals surface area contributed by atoms with Crippen LogP contribution in [0.25, 0.3) is 22.1 Å². The van der Waals surface area contributed by atoms with Crippen LogP contribution in [-0.4, -0.2) is 24.5 Å². The van der Waals surface area contributed by atoms with Gasteiger partial charge >= 0.3 is 5.63 Å². The third-order valence-electron chi connectivity index (χ3n) is 4.59. The second kappa shape index (κ2) is 8.32. The van der Waals surface area contributed by atoms with Crippen LogP contribution in [0.1, 0.15) is 5.56 Å². The van der Waals surface area contributed by atoms with Gasteiger partial charge in [0, 0.05) is 31.1 Å². The van der Waals surface area contributed by atoms with Crippen molar-refractivity contribution >= 4 is 28.2 Å². The largest absolute Gasteiger partial charge is 0.484 e. The lowest BCUT2D eigenvalue weighted by atomic mass is 10.0. The van der Waals surface area contributed by atoms with Gasteiger partial charge in [0.05, 0.1) is 0 Å². The Labute approximate surface area is 171 Å². The molecule has 4 aromatic rings. The number of carbonyl (C=O) groups excluding carboxylic acids is 1. The third-order valence-corrected chi connectivity index (χ3v) is 5.32. The third kappa shape index (κ3) is 4.38. The first-order valence-electron chi connectivity index (χ1n) is 9.11. The highest BCUT2D eigenvalue weighted by Gasteiger charge is 2.12. The molecule has 0 aliphatic heterocycles. The lowest BCUT2D eigenvalue weighted by molar-refractivity contribution is -0.132. The topological polar surface area (TPSA) is 59.8 Å². The highest BCUT2D eigenvalue weighted by molar-refractivity contribution is 7.07. The van der Waals surface area contributed by atoms with Crippen molar-refractivity contribution in [3.8, 4) is 16.9 Å². The lowest BCUT2D eigenvalue weighted by Crippen LogP contribution is -2.30. The summed E-state index contributed by atoms with van der Waals surface area (Å²) in [5, 5.41) is 4.81. The van der Waals surface area contributed by atoms with E-state index in [1.807, 2.05) is 53.2 Å². The van der Waals surface area contributed by atoms with Crippen molar-refractivity contribution < 1.29 is 13.9 Å². The monoisotopic (exact) mass is 405 g/mol. The van der Waals surface area contributed by atoms with Crippen LogP contribution < -0.4 is 10.4 Å². The molecule has 0 spiro atoms. The van der Waals surface area contributed by atoms with Gasteiger partial charge in [-0.15, -0.1) is 0 Å². The fraction of sp³-hybridized carbons (Fsp3) is 0.130. The van der Waals surface area contributed by atoms with Gasteiger partial charge in [-0.1, -0.05) is 30.3 Å². The van der Waals surface area contributed by atoms with E-state index >= 15 is 0 Å². The molecule has 146 valence electrons. The Morgan fingerprint density at radius 1 is 1.10 bits per heavy atom. The fourth-order valence-corrected chi connectivity index (χ4v) is 3.75. The summed E-state index contributed by atoms with van der Waals surface area (Å²) in [6.07, 6.45) is 0. The normalized spacial score (nSPS) is 10.8. The maximum absolute atomic E-state index is 12.3. The Morgan fingerprint density at radius 2 is 1.93 bits per heavy atom. The number of benzene rings is 2. The summed E-state index contributed by atoms with van der Waals surface area (Å²) in [6.45, 7) is 0.452. The number of hydrogen-bond acceptors (Lipinski definition) is 5. The van der Waals surface area contributed by atoms with E-state index in [0.29, 0.717) is 17.9 Å². The first kappa shape index (κ1) is 19.0. The van der Waals surface area contributed by atoms with Gasteiger partial charge in [-0.2, -0.15) is 11.3 Å². The van der Waals surface area contributed by atoms with Crippen LogP contribution in [-0.2, 0) is 11.3 Å². The lowest BCUT2D eigenvalue weighted by Gasteiger charge is -2.17. The van der Waals surface area contributed by atoms with E-state index in [0.717, 1.165) is 22.1 Å². The fourth-order valence-electron chi connectivity index (χ4n) is 3.09. The van der Waals surface area contributed by atoms with Crippen molar-refractivity contribution in [1.29, 1.82) is 0 Å². The quantitative estimate of drug-likeness (QED) is 0.441. The Bertz CT molecular complexity index is 1180. The summed E-state index contributed by atoms with van der Waals surface area (Å²) >= 11 is 1.60. The van der Waals surface area contributed by atoms with E-state index in [2.05, 4.69) is 0 Å². The smallest absolute Gasteiger partial charge is 0.336 e. The average molecular weight is 405 g/mol. The second-order valence-electron chi connectivity index (χ2n) is 6.67. The SMILES string of the molecule is CN(Cc1ccsc1)C(=O)COc1ccc2c(-c3ccccc3)cc(=O)oc2c1. The molecule has 2 aromatic heterocycles. The van der Waals surface area contributed by atoms with Crippen molar-refractivity contribution in [1.82, 2.24) is 4.90 Å². The Morgan fingerprint density at radius 3 is 2.69 bits per heavy atom. The zero-order valence-electron chi connectivity index (χ0n) is 15.8. The number of hydrogen-bond donors (Lipinski definition) is 0. The van der Waals surface area contributed by atoms with Crippen molar-refractivity contribution in [3.63, 3.8) is 0 Å². The maximum atomic E-state index is 12.3. The molecule has 0 aliphatic carbocycles. The summed E-state index contributed by atoms with van der Waals surface area (Å²) < 4.78 is 11.0. The minimum Gasteiger partial charge on any atom is -0.484 e. The summed E-state index contributed by atoms with van der Waals surface area (Å²) in [5.74, 6) is 0.346. The molecule has 0 atom stereocenters. The molecule has 0 radical (unpaired) electrons. The van der Waals surface area contributed by atoms with Crippen molar-refractivity contribution in [2.75, 3.05) is 13.7 Å². The zero-order valence-corrected chi connectivity index (χ0v) is 16.6. The molecule has 5 nitrogen and oxygen atoms in total. The summed E-state index contributed by atoms with van der Waals surface area (Å²) in [4.78, 5) is 26.0. The number of amides is 1. The molecule has 0 saturated carbocycles. The van der Waals surface area contributed by atoms with Crippen molar-refractivity contribution in [2.24, 2.45) is 0 Å². The first-order valence-corrected chi connectivity index (χ1v) is 10.1. The minimum atomic E-state index is -0.430. The molecule has 0 unspecified atom stereocenters. The molecular weight excluding hydrogens is 386 g/mol. The molecule has 1 amide bonds. The van der Waals surface area contributed by atoms with Crippen LogP contribution in [0.3, 0.4) is 0 Å². The molecule has 0 fully saturated rings. The highest BCUT2D eigenvalue weighted by atomic mass is 32.1. The minimum absolute atomic E-state index is 0.0885. The van der Waals surface area contributed by atoms with E-state index in [1.165, 1.54) is 6.07 Å². The van der Waals surface area contributed by atoms with Crippen LogP contribution in [0.2, 0.25) is 0 Å². The standard InChI is InChI=1S/C23H19NO4S/c1-24(13-16-9-10-29-15-16)22(25)14-27-18-7-8-19-20(17-5-3-2-4-6-17)12-23(26)28-21(19)11-18/h2-12,15H,13-14H2,1H3. The van der Waals surface area contributed by atoms with E-state index < -0.39 is 5.63 Å². The summed E-state index contributed by atoms with van der Waals surface area (Å²) in [7, 11) is 1.74. The van der Waals surface area contributed by atoms with Gasteiger partial charge in [-0.25, -0.2) is 4.79 Å². The predicted molar refractivity (Wildman–Crippen MR) is 114 cm³/mol. The molecule has 0 saturated heterocycles. The number of rotatable bonds is 6. The average Bonchev–Trinajstić information content (AvgIpc) is 3.24. The number of fused-ring (bicyclic) bond motifs is 1.